The average Bonchev–Trinajstić information content (AvgIpc) is 3.17. The summed E-state index contributed by atoms with van der Waals surface area (Å²) in [5.41, 5.74) is 0.889. The normalized spacial score (nSPS) is 14.8. The van der Waals surface area contributed by atoms with Gasteiger partial charge in [-0.15, -0.1) is 11.8 Å². The van der Waals surface area contributed by atoms with Gasteiger partial charge in [-0.3, -0.25) is 4.79 Å². The second-order valence-electron chi connectivity index (χ2n) is 7.06. The van der Waals surface area contributed by atoms with Gasteiger partial charge in [0.05, 0.1) is 17.3 Å². The van der Waals surface area contributed by atoms with E-state index in [2.05, 4.69) is 4.98 Å². The summed E-state index contributed by atoms with van der Waals surface area (Å²) in [7, 11) is 1.65. The van der Waals surface area contributed by atoms with Crippen LogP contribution in [0, 0.1) is 0 Å². The fraction of sp³-hybridized carbons (Fsp3) is 0.364. The number of hydrogen-bond acceptors (Lipinski definition) is 6. The quantitative estimate of drug-likeness (QED) is 0.433. The summed E-state index contributed by atoms with van der Waals surface area (Å²) in [5, 5.41) is 1.41. The van der Waals surface area contributed by atoms with E-state index >= 15 is 0 Å². The predicted molar refractivity (Wildman–Crippen MR) is 123 cm³/mol. The van der Waals surface area contributed by atoms with Crippen molar-refractivity contribution in [3.05, 3.63) is 47.5 Å². The summed E-state index contributed by atoms with van der Waals surface area (Å²) in [4.78, 5) is 20.2. The molecule has 30 heavy (non-hydrogen) atoms. The summed E-state index contributed by atoms with van der Waals surface area (Å²) >= 11 is 9.13. The Kier molecular flexibility index (Phi) is 7.02. The molecule has 1 aromatic heterocycles. The summed E-state index contributed by atoms with van der Waals surface area (Å²) in [6, 6.07) is 13.6. The highest BCUT2D eigenvalue weighted by Gasteiger charge is 2.24. The average molecular weight is 463 g/mol. The van der Waals surface area contributed by atoms with Gasteiger partial charge in [-0.05, 0) is 36.4 Å². The van der Waals surface area contributed by atoms with Crippen LogP contribution in [-0.2, 0) is 4.79 Å². The molecule has 5 nitrogen and oxygen atoms in total. The number of carbonyl (C=O) groups is 1. The molecule has 1 fully saturated rings. The second-order valence-corrected chi connectivity index (χ2v) is 9.66. The number of methoxy groups -OCH3 is 1. The number of hydrogen-bond donors (Lipinski definition) is 0. The monoisotopic (exact) mass is 462 g/mol. The largest absolute Gasteiger partial charge is 0.497 e. The molecule has 0 atom stereocenters. The third-order valence-electron chi connectivity index (χ3n) is 5.04. The molecular weight excluding hydrogens is 440 g/mol. The zero-order valence-corrected chi connectivity index (χ0v) is 19.1. The molecule has 0 radical (unpaired) electrons. The molecule has 1 saturated heterocycles. The van der Waals surface area contributed by atoms with Crippen molar-refractivity contribution >= 4 is 50.8 Å². The van der Waals surface area contributed by atoms with Gasteiger partial charge in [0.15, 0.2) is 0 Å². The van der Waals surface area contributed by atoms with Gasteiger partial charge in [-0.25, -0.2) is 4.98 Å². The van der Waals surface area contributed by atoms with Crippen molar-refractivity contribution in [2.24, 2.45) is 0 Å². The summed E-state index contributed by atoms with van der Waals surface area (Å²) in [6.07, 6.45) is 2.29. The number of fused-ring (bicyclic) bond motifs is 1. The molecule has 0 bridgehead atoms. The molecule has 1 aliphatic rings. The number of rotatable bonds is 7. The van der Waals surface area contributed by atoms with E-state index in [0.717, 1.165) is 57.6 Å². The zero-order chi connectivity index (χ0) is 20.9. The summed E-state index contributed by atoms with van der Waals surface area (Å²) in [5.74, 6) is 1.77. The maximum Gasteiger partial charge on any atom is 0.274 e. The molecule has 2 heterocycles. The van der Waals surface area contributed by atoms with E-state index in [1.165, 1.54) is 0 Å². The Morgan fingerprint density at radius 1 is 1.23 bits per heavy atom. The van der Waals surface area contributed by atoms with Crippen LogP contribution in [0.1, 0.15) is 19.3 Å². The van der Waals surface area contributed by atoms with Crippen molar-refractivity contribution in [3.63, 3.8) is 0 Å². The number of ether oxygens (including phenoxy) is 2. The van der Waals surface area contributed by atoms with Crippen LogP contribution in [0.4, 0.5) is 0 Å². The van der Waals surface area contributed by atoms with Gasteiger partial charge in [0, 0.05) is 54.1 Å². The first-order chi connectivity index (χ1) is 14.6. The van der Waals surface area contributed by atoms with Gasteiger partial charge in [0.25, 0.3) is 5.19 Å². The van der Waals surface area contributed by atoms with Crippen molar-refractivity contribution in [2.75, 3.05) is 26.0 Å². The fourth-order valence-corrected chi connectivity index (χ4v) is 5.20. The number of thiazole rings is 1. The first kappa shape index (κ1) is 21.3. The smallest absolute Gasteiger partial charge is 0.274 e. The number of benzene rings is 2. The molecule has 0 spiro atoms. The van der Waals surface area contributed by atoms with E-state index < -0.39 is 0 Å². The third kappa shape index (κ3) is 5.39. The minimum absolute atomic E-state index is 0.0972. The van der Waals surface area contributed by atoms with E-state index in [4.69, 9.17) is 21.1 Å². The minimum Gasteiger partial charge on any atom is -0.497 e. The molecule has 4 rings (SSSR count). The Morgan fingerprint density at radius 2 is 2.00 bits per heavy atom. The van der Waals surface area contributed by atoms with E-state index in [1.807, 2.05) is 47.4 Å². The SMILES string of the molecule is COc1ccc2sc(OC3CCN(C(=O)CCSc4ccc(Cl)cc4)CC3)nc2c1. The Bertz CT molecular complexity index is 1000. The second kappa shape index (κ2) is 9.90. The zero-order valence-electron chi connectivity index (χ0n) is 16.7. The highest BCUT2D eigenvalue weighted by molar-refractivity contribution is 7.99. The van der Waals surface area contributed by atoms with Crippen LogP contribution in [0.25, 0.3) is 10.2 Å². The molecule has 2 aromatic carbocycles. The molecule has 8 heteroatoms. The molecule has 0 unspecified atom stereocenters. The van der Waals surface area contributed by atoms with Crippen LogP contribution < -0.4 is 9.47 Å². The Balaban J connectivity index is 1.22. The number of amides is 1. The van der Waals surface area contributed by atoms with Gasteiger partial charge in [-0.1, -0.05) is 22.9 Å². The van der Waals surface area contributed by atoms with Gasteiger partial charge < -0.3 is 14.4 Å². The van der Waals surface area contributed by atoms with Crippen molar-refractivity contribution in [1.29, 1.82) is 0 Å². The number of thioether (sulfide) groups is 1. The fourth-order valence-electron chi connectivity index (χ4n) is 3.37. The lowest BCUT2D eigenvalue weighted by atomic mass is 10.1. The molecular formula is C22H23ClN2O3S2. The summed E-state index contributed by atoms with van der Waals surface area (Å²) in [6.45, 7) is 1.46. The maximum atomic E-state index is 12.5. The maximum absolute atomic E-state index is 12.5. The van der Waals surface area contributed by atoms with Crippen LogP contribution in [-0.4, -0.2) is 47.8 Å². The Labute approximate surface area is 189 Å². The van der Waals surface area contributed by atoms with E-state index in [-0.39, 0.29) is 12.0 Å². The van der Waals surface area contributed by atoms with Crippen molar-refractivity contribution in [2.45, 2.75) is 30.3 Å². The molecule has 0 N–H and O–H groups in total. The molecule has 1 amide bonds. The van der Waals surface area contributed by atoms with E-state index in [0.29, 0.717) is 11.6 Å². The van der Waals surface area contributed by atoms with Gasteiger partial charge in [0.1, 0.15) is 11.9 Å². The van der Waals surface area contributed by atoms with Crippen LogP contribution in [0.15, 0.2) is 47.4 Å². The summed E-state index contributed by atoms with van der Waals surface area (Å²) < 4.78 is 12.4. The van der Waals surface area contributed by atoms with Crippen LogP contribution in [0.3, 0.4) is 0 Å². The Morgan fingerprint density at radius 3 is 2.73 bits per heavy atom. The lowest BCUT2D eigenvalue weighted by Crippen LogP contribution is -2.41. The third-order valence-corrected chi connectivity index (χ3v) is 7.23. The lowest BCUT2D eigenvalue weighted by molar-refractivity contribution is -0.132. The van der Waals surface area contributed by atoms with Crippen molar-refractivity contribution < 1.29 is 14.3 Å². The highest BCUT2D eigenvalue weighted by atomic mass is 35.5. The number of aromatic nitrogens is 1. The molecule has 1 aliphatic heterocycles. The highest BCUT2D eigenvalue weighted by Crippen LogP contribution is 2.32. The van der Waals surface area contributed by atoms with Crippen LogP contribution in [0.2, 0.25) is 5.02 Å². The Hall–Kier alpha value is -1.96. The number of halogens is 1. The number of nitrogens with zero attached hydrogens (tertiary/aromatic N) is 2. The number of likely N-dealkylation sites (tertiary alicyclic amines) is 1. The predicted octanol–water partition coefficient (Wildman–Crippen LogP) is 5.51. The van der Waals surface area contributed by atoms with Crippen molar-refractivity contribution in [1.82, 2.24) is 9.88 Å². The van der Waals surface area contributed by atoms with Crippen LogP contribution in [0.5, 0.6) is 10.9 Å². The molecule has 3 aromatic rings. The minimum atomic E-state index is 0.0972. The van der Waals surface area contributed by atoms with Gasteiger partial charge in [-0.2, -0.15) is 0 Å². The van der Waals surface area contributed by atoms with Gasteiger partial charge in [0.2, 0.25) is 5.91 Å². The first-order valence-corrected chi connectivity index (χ1v) is 12.1. The van der Waals surface area contributed by atoms with E-state index in [1.54, 1.807) is 30.2 Å². The molecule has 0 aliphatic carbocycles. The number of carbonyl (C=O) groups excluding carboxylic acids is 1. The molecule has 0 saturated carbocycles. The van der Waals surface area contributed by atoms with Crippen molar-refractivity contribution in [3.8, 4) is 10.9 Å². The topological polar surface area (TPSA) is 51.7 Å². The number of piperidine rings is 1. The molecule has 158 valence electrons. The lowest BCUT2D eigenvalue weighted by Gasteiger charge is -2.31. The van der Waals surface area contributed by atoms with Gasteiger partial charge >= 0.3 is 0 Å². The first-order valence-electron chi connectivity index (χ1n) is 9.88. The standard InChI is InChI=1S/C22H23ClN2O3S2/c1-27-17-4-7-20-19(14-17)24-22(30-20)28-16-8-11-25(12-9-16)21(26)10-13-29-18-5-2-15(23)3-6-18/h2-7,14,16H,8-13H2,1H3. The van der Waals surface area contributed by atoms with Crippen LogP contribution >= 0.6 is 34.7 Å². The van der Waals surface area contributed by atoms with E-state index in [9.17, 15) is 4.79 Å².